The van der Waals surface area contributed by atoms with Crippen molar-refractivity contribution >= 4 is 10.9 Å². The third-order valence-corrected chi connectivity index (χ3v) is 5.87. The molecule has 2 aliphatic rings. The van der Waals surface area contributed by atoms with Gasteiger partial charge in [0.05, 0.1) is 31.0 Å². The number of piperidine rings is 1. The van der Waals surface area contributed by atoms with E-state index in [1.54, 1.807) is 14.2 Å². The van der Waals surface area contributed by atoms with Crippen molar-refractivity contribution in [3.8, 4) is 5.75 Å². The number of rotatable bonds is 5. The van der Waals surface area contributed by atoms with E-state index in [2.05, 4.69) is 30.2 Å². The molecular formula is C22H26N2O2. The van der Waals surface area contributed by atoms with Gasteiger partial charge in [-0.2, -0.15) is 0 Å². The molecule has 0 bridgehead atoms. The molecule has 0 aliphatic carbocycles. The molecule has 4 nitrogen and oxygen atoms in total. The molecule has 2 aliphatic heterocycles. The van der Waals surface area contributed by atoms with Crippen LogP contribution in [-0.2, 0) is 11.3 Å². The summed E-state index contributed by atoms with van der Waals surface area (Å²) in [6, 6.07) is 8.65. The van der Waals surface area contributed by atoms with E-state index in [4.69, 9.17) is 14.5 Å². The molecule has 0 radical (unpaired) electrons. The fourth-order valence-electron chi connectivity index (χ4n) is 4.56. The second-order valence-corrected chi connectivity index (χ2v) is 7.31. The third kappa shape index (κ3) is 2.69. The van der Waals surface area contributed by atoms with Crippen LogP contribution in [0.15, 0.2) is 49.2 Å². The first kappa shape index (κ1) is 17.1. The van der Waals surface area contributed by atoms with Crippen LogP contribution >= 0.6 is 0 Å². The Kier molecular flexibility index (Phi) is 4.45. The van der Waals surface area contributed by atoms with Crippen LogP contribution in [0.3, 0.4) is 0 Å². The van der Waals surface area contributed by atoms with Gasteiger partial charge in [-0.15, -0.1) is 6.58 Å². The lowest BCUT2D eigenvalue weighted by Gasteiger charge is -2.43. The van der Waals surface area contributed by atoms with Gasteiger partial charge < -0.3 is 14.4 Å². The lowest BCUT2D eigenvalue weighted by Crippen LogP contribution is -2.38. The predicted molar refractivity (Wildman–Crippen MR) is 104 cm³/mol. The Hall–Kier alpha value is -2.33. The summed E-state index contributed by atoms with van der Waals surface area (Å²) in [5.41, 5.74) is 4.70. The van der Waals surface area contributed by atoms with Crippen LogP contribution in [0.2, 0.25) is 0 Å². The van der Waals surface area contributed by atoms with Crippen molar-refractivity contribution in [2.45, 2.75) is 25.4 Å². The lowest BCUT2D eigenvalue weighted by atomic mass is 9.78. The summed E-state index contributed by atoms with van der Waals surface area (Å²) in [5, 5.41) is 1.13. The zero-order chi connectivity index (χ0) is 18.3. The van der Waals surface area contributed by atoms with E-state index < -0.39 is 0 Å². The van der Waals surface area contributed by atoms with Crippen molar-refractivity contribution < 1.29 is 9.47 Å². The molecule has 1 fully saturated rings. The van der Waals surface area contributed by atoms with Gasteiger partial charge in [-0.25, -0.2) is 0 Å². The van der Waals surface area contributed by atoms with Crippen molar-refractivity contribution in [2.75, 3.05) is 20.8 Å². The lowest BCUT2D eigenvalue weighted by molar-refractivity contribution is 0.0637. The Labute approximate surface area is 155 Å². The number of aromatic nitrogens is 1. The molecule has 4 rings (SSSR count). The van der Waals surface area contributed by atoms with Crippen LogP contribution in [0.1, 0.15) is 30.1 Å². The van der Waals surface area contributed by atoms with Gasteiger partial charge >= 0.3 is 0 Å². The second-order valence-electron chi connectivity index (χ2n) is 7.31. The van der Waals surface area contributed by atoms with Crippen molar-refractivity contribution in [3.05, 3.63) is 60.5 Å². The van der Waals surface area contributed by atoms with Gasteiger partial charge in [0.1, 0.15) is 5.75 Å². The molecule has 3 heterocycles. The largest absolute Gasteiger partial charge is 0.497 e. The molecule has 0 amide bonds. The first-order valence-corrected chi connectivity index (χ1v) is 9.19. The molecule has 1 aromatic carbocycles. The monoisotopic (exact) mass is 350 g/mol. The van der Waals surface area contributed by atoms with Crippen LogP contribution in [0.5, 0.6) is 5.75 Å². The quantitative estimate of drug-likeness (QED) is 0.745. The molecule has 1 aromatic heterocycles. The van der Waals surface area contributed by atoms with E-state index in [1.165, 1.54) is 17.0 Å². The third-order valence-electron chi connectivity index (χ3n) is 5.87. The number of allylic oxidation sites excluding steroid dienone is 1. The van der Waals surface area contributed by atoms with Crippen molar-refractivity contribution in [1.29, 1.82) is 0 Å². The minimum atomic E-state index is 0.307. The average molecular weight is 350 g/mol. The number of pyridine rings is 1. The summed E-state index contributed by atoms with van der Waals surface area (Å²) >= 11 is 0. The normalized spacial score (nSPS) is 24.5. The maximum Gasteiger partial charge on any atom is 0.119 e. The smallest absolute Gasteiger partial charge is 0.119 e. The fraction of sp³-hybridized carbons (Fsp3) is 0.409. The Morgan fingerprint density at radius 3 is 2.88 bits per heavy atom. The van der Waals surface area contributed by atoms with Gasteiger partial charge in [-0.1, -0.05) is 12.7 Å². The summed E-state index contributed by atoms with van der Waals surface area (Å²) in [6.07, 6.45) is 4.07. The summed E-state index contributed by atoms with van der Waals surface area (Å²) in [7, 11) is 3.46. The minimum absolute atomic E-state index is 0.307. The van der Waals surface area contributed by atoms with E-state index in [0.717, 1.165) is 36.0 Å². The second kappa shape index (κ2) is 6.76. The first-order chi connectivity index (χ1) is 12.7. The van der Waals surface area contributed by atoms with E-state index in [0.29, 0.717) is 24.5 Å². The van der Waals surface area contributed by atoms with E-state index in [1.807, 2.05) is 18.2 Å². The molecule has 3 unspecified atom stereocenters. The van der Waals surface area contributed by atoms with Crippen LogP contribution in [0.25, 0.3) is 10.9 Å². The molecule has 136 valence electrons. The zero-order valence-electron chi connectivity index (χ0n) is 15.6. The summed E-state index contributed by atoms with van der Waals surface area (Å²) < 4.78 is 10.9. The zero-order valence-corrected chi connectivity index (χ0v) is 15.6. The Bertz CT molecular complexity index is 861. The highest BCUT2D eigenvalue weighted by molar-refractivity contribution is 5.81. The summed E-state index contributed by atoms with van der Waals surface area (Å²) in [4.78, 5) is 7.45. The molecule has 2 aromatic rings. The van der Waals surface area contributed by atoms with Crippen LogP contribution in [-0.4, -0.2) is 30.7 Å². The summed E-state index contributed by atoms with van der Waals surface area (Å²) in [5.74, 6) is 1.71. The van der Waals surface area contributed by atoms with E-state index in [-0.39, 0.29) is 0 Å². The number of nitrogens with zero attached hydrogens (tertiary/aromatic N) is 2. The van der Waals surface area contributed by atoms with E-state index >= 15 is 0 Å². The summed E-state index contributed by atoms with van der Waals surface area (Å²) in [6.45, 7) is 9.97. The molecule has 1 saturated heterocycles. The topological polar surface area (TPSA) is 34.6 Å². The van der Waals surface area contributed by atoms with Crippen LogP contribution in [0.4, 0.5) is 0 Å². The van der Waals surface area contributed by atoms with Crippen LogP contribution < -0.4 is 4.74 Å². The Morgan fingerprint density at radius 2 is 2.15 bits per heavy atom. The first-order valence-electron chi connectivity index (χ1n) is 9.19. The molecule has 4 heteroatoms. The fourth-order valence-corrected chi connectivity index (χ4v) is 4.56. The number of benzene rings is 1. The molecule has 0 spiro atoms. The number of fused-ring (bicyclic) bond motifs is 4. The molecular weight excluding hydrogens is 324 g/mol. The molecule has 0 saturated carbocycles. The molecule has 26 heavy (non-hydrogen) atoms. The minimum Gasteiger partial charge on any atom is -0.497 e. The van der Waals surface area contributed by atoms with Gasteiger partial charge in [0, 0.05) is 30.7 Å². The van der Waals surface area contributed by atoms with Gasteiger partial charge in [-0.3, -0.25) is 4.98 Å². The standard InChI is InChI=1S/C22H26N2O2/c1-5-6-15-11-21-22-17(12-24(21)14(2)19(15)13-25-3)9-16-10-18(26-4)7-8-20(16)23-22/h5,7-10,15,19,21H,1-2,6,11-13H2,3-4H3. The van der Waals surface area contributed by atoms with Crippen molar-refractivity contribution in [1.82, 2.24) is 9.88 Å². The van der Waals surface area contributed by atoms with Gasteiger partial charge in [0.15, 0.2) is 0 Å². The maximum atomic E-state index is 5.49. The van der Waals surface area contributed by atoms with Crippen molar-refractivity contribution in [2.24, 2.45) is 11.8 Å². The van der Waals surface area contributed by atoms with Gasteiger partial charge in [-0.05, 0) is 48.6 Å². The van der Waals surface area contributed by atoms with E-state index in [9.17, 15) is 0 Å². The number of hydrogen-bond donors (Lipinski definition) is 0. The average Bonchev–Trinajstić information content (AvgIpc) is 3.00. The molecule has 0 N–H and O–H groups in total. The highest BCUT2D eigenvalue weighted by atomic mass is 16.5. The van der Waals surface area contributed by atoms with Crippen molar-refractivity contribution in [3.63, 3.8) is 0 Å². The number of methoxy groups -OCH3 is 2. The maximum absolute atomic E-state index is 5.49. The highest BCUT2D eigenvalue weighted by Crippen LogP contribution is 2.49. The molecule has 3 atom stereocenters. The highest BCUT2D eigenvalue weighted by Gasteiger charge is 2.43. The number of ether oxygens (including phenoxy) is 2. The van der Waals surface area contributed by atoms with Crippen LogP contribution in [0, 0.1) is 11.8 Å². The van der Waals surface area contributed by atoms with Gasteiger partial charge in [0.25, 0.3) is 0 Å². The number of hydrogen-bond acceptors (Lipinski definition) is 4. The Morgan fingerprint density at radius 1 is 1.31 bits per heavy atom. The SMILES string of the molecule is C=CCC1CC2c3nc4ccc(OC)cc4cc3CN2C(=C)C1COC. The predicted octanol–water partition coefficient (Wildman–Crippen LogP) is 4.47. The van der Waals surface area contributed by atoms with Gasteiger partial charge in [0.2, 0.25) is 0 Å². The Balaban J connectivity index is 1.73.